The molecule has 92 valence electrons. The number of rotatable bonds is 5. The summed E-state index contributed by atoms with van der Waals surface area (Å²) >= 11 is 5.62. The monoisotopic (exact) mass is 259 g/mol. The number of hydrogen-bond acceptors (Lipinski definition) is 2. The highest BCUT2D eigenvalue weighted by molar-refractivity contribution is 6.18. The summed E-state index contributed by atoms with van der Waals surface area (Å²) in [6.07, 6.45) is 5.73. The van der Waals surface area contributed by atoms with Crippen molar-refractivity contribution in [3.05, 3.63) is 59.9 Å². The van der Waals surface area contributed by atoms with E-state index in [1.807, 2.05) is 54.6 Å². The van der Waals surface area contributed by atoms with Crippen molar-refractivity contribution < 1.29 is 4.74 Å². The Morgan fingerprint density at radius 3 is 2.67 bits per heavy atom. The van der Waals surface area contributed by atoms with Gasteiger partial charge in [-0.25, -0.2) is 0 Å². The van der Waals surface area contributed by atoms with Crippen molar-refractivity contribution in [2.45, 2.75) is 0 Å². The Labute approximate surface area is 112 Å². The van der Waals surface area contributed by atoms with Crippen molar-refractivity contribution in [2.75, 3.05) is 12.5 Å². The molecular formula is C15H14ClNO. The molecule has 0 aliphatic carbocycles. The molecule has 0 saturated carbocycles. The molecule has 0 N–H and O–H groups in total. The number of alkyl halides is 1. The molecule has 2 rings (SSSR count). The van der Waals surface area contributed by atoms with Gasteiger partial charge in [-0.2, -0.15) is 0 Å². The fraction of sp³-hybridized carbons (Fsp3) is 0.133. The second-order valence-corrected chi connectivity index (χ2v) is 4.04. The summed E-state index contributed by atoms with van der Waals surface area (Å²) < 4.78 is 5.57. The van der Waals surface area contributed by atoms with Gasteiger partial charge in [0.2, 0.25) is 0 Å². The normalized spacial score (nSPS) is 10.7. The second-order valence-electron chi connectivity index (χ2n) is 3.66. The van der Waals surface area contributed by atoms with Crippen LogP contribution in [0.2, 0.25) is 0 Å². The molecule has 0 unspecified atom stereocenters. The molecule has 1 heterocycles. The zero-order valence-electron chi connectivity index (χ0n) is 9.92. The molecule has 1 aromatic carbocycles. The maximum absolute atomic E-state index is 5.62. The first-order chi connectivity index (χ1) is 8.90. The number of nitrogens with zero attached hydrogens (tertiary/aromatic N) is 1. The molecule has 0 atom stereocenters. The lowest BCUT2D eigenvalue weighted by Gasteiger charge is -2.07. The zero-order valence-corrected chi connectivity index (χ0v) is 10.7. The lowest BCUT2D eigenvalue weighted by Crippen LogP contribution is -1.99. The van der Waals surface area contributed by atoms with Gasteiger partial charge in [-0.1, -0.05) is 24.3 Å². The van der Waals surface area contributed by atoms with Crippen LogP contribution in [-0.2, 0) is 0 Å². The number of benzene rings is 1. The van der Waals surface area contributed by atoms with E-state index in [4.69, 9.17) is 16.3 Å². The maximum atomic E-state index is 5.62. The van der Waals surface area contributed by atoms with E-state index in [1.54, 1.807) is 6.20 Å². The summed E-state index contributed by atoms with van der Waals surface area (Å²) in [4.78, 5) is 4.24. The minimum atomic E-state index is 0.484. The molecule has 0 fully saturated rings. The van der Waals surface area contributed by atoms with Crippen LogP contribution in [0.1, 0.15) is 11.3 Å². The number of aromatic nitrogens is 1. The molecule has 0 aliphatic heterocycles. The van der Waals surface area contributed by atoms with Crippen LogP contribution in [0.4, 0.5) is 0 Å². The van der Waals surface area contributed by atoms with E-state index in [1.165, 1.54) is 0 Å². The summed E-state index contributed by atoms with van der Waals surface area (Å²) in [7, 11) is 0. The fourth-order valence-corrected chi connectivity index (χ4v) is 1.63. The molecule has 1 aromatic heterocycles. The Hall–Kier alpha value is -1.80. The van der Waals surface area contributed by atoms with Gasteiger partial charge in [0, 0.05) is 11.8 Å². The summed E-state index contributed by atoms with van der Waals surface area (Å²) in [5.74, 6) is 1.32. The first kappa shape index (κ1) is 12.7. The van der Waals surface area contributed by atoms with Crippen LogP contribution in [0.3, 0.4) is 0 Å². The minimum absolute atomic E-state index is 0.484. The smallest absolute Gasteiger partial charge is 0.126 e. The van der Waals surface area contributed by atoms with Gasteiger partial charge in [-0.05, 0) is 30.4 Å². The predicted octanol–water partition coefficient (Wildman–Crippen LogP) is 3.87. The van der Waals surface area contributed by atoms with E-state index in [0.717, 1.165) is 17.0 Å². The van der Waals surface area contributed by atoms with Crippen LogP contribution < -0.4 is 4.74 Å². The van der Waals surface area contributed by atoms with E-state index < -0.39 is 0 Å². The summed E-state index contributed by atoms with van der Waals surface area (Å²) in [5.41, 5.74) is 1.94. The maximum Gasteiger partial charge on any atom is 0.126 e. The number of hydrogen-bond donors (Lipinski definition) is 0. The minimum Gasteiger partial charge on any atom is -0.492 e. The molecule has 18 heavy (non-hydrogen) atoms. The Morgan fingerprint density at radius 1 is 1.06 bits per heavy atom. The first-order valence-corrected chi connectivity index (χ1v) is 6.30. The van der Waals surface area contributed by atoms with Crippen molar-refractivity contribution in [3.8, 4) is 5.75 Å². The van der Waals surface area contributed by atoms with Crippen LogP contribution in [0, 0.1) is 0 Å². The summed E-state index contributed by atoms with van der Waals surface area (Å²) in [6, 6.07) is 13.7. The van der Waals surface area contributed by atoms with E-state index >= 15 is 0 Å². The average molecular weight is 260 g/mol. The van der Waals surface area contributed by atoms with Gasteiger partial charge in [-0.3, -0.25) is 4.98 Å². The van der Waals surface area contributed by atoms with E-state index in [0.29, 0.717) is 12.5 Å². The third-order valence-electron chi connectivity index (χ3n) is 2.38. The topological polar surface area (TPSA) is 22.1 Å². The number of para-hydroxylation sites is 1. The van der Waals surface area contributed by atoms with Crippen molar-refractivity contribution in [3.63, 3.8) is 0 Å². The number of halogens is 1. The molecule has 0 spiro atoms. The van der Waals surface area contributed by atoms with Gasteiger partial charge in [0.15, 0.2) is 0 Å². The van der Waals surface area contributed by atoms with Crippen molar-refractivity contribution in [1.82, 2.24) is 4.98 Å². The standard InChI is InChI=1S/C15H14ClNO/c16-10-12-18-15-7-2-1-5-13(15)8-9-14-6-3-4-11-17-14/h1-9,11H,10,12H2/b9-8+. The summed E-state index contributed by atoms with van der Waals surface area (Å²) in [6.45, 7) is 0.510. The molecule has 0 bridgehead atoms. The van der Waals surface area contributed by atoms with Crippen LogP contribution in [0.25, 0.3) is 12.2 Å². The van der Waals surface area contributed by atoms with Gasteiger partial charge in [0.05, 0.1) is 11.6 Å². The highest BCUT2D eigenvalue weighted by Gasteiger charge is 1.98. The summed E-state index contributed by atoms with van der Waals surface area (Å²) in [5, 5.41) is 0. The molecule has 0 radical (unpaired) electrons. The molecule has 2 nitrogen and oxygen atoms in total. The van der Waals surface area contributed by atoms with Crippen molar-refractivity contribution in [2.24, 2.45) is 0 Å². The Balaban J connectivity index is 2.15. The van der Waals surface area contributed by atoms with Crippen molar-refractivity contribution in [1.29, 1.82) is 0 Å². The van der Waals surface area contributed by atoms with Gasteiger partial charge in [0.25, 0.3) is 0 Å². The molecule has 0 saturated heterocycles. The van der Waals surface area contributed by atoms with E-state index in [2.05, 4.69) is 4.98 Å². The molecule has 3 heteroatoms. The van der Waals surface area contributed by atoms with Crippen LogP contribution in [-0.4, -0.2) is 17.5 Å². The van der Waals surface area contributed by atoms with Gasteiger partial charge >= 0.3 is 0 Å². The van der Waals surface area contributed by atoms with Crippen molar-refractivity contribution >= 4 is 23.8 Å². The second kappa shape index (κ2) is 6.82. The van der Waals surface area contributed by atoms with E-state index in [-0.39, 0.29) is 0 Å². The first-order valence-electron chi connectivity index (χ1n) is 5.77. The number of ether oxygens (including phenoxy) is 1. The number of pyridine rings is 1. The lowest BCUT2D eigenvalue weighted by atomic mass is 10.1. The third kappa shape index (κ3) is 3.60. The Morgan fingerprint density at radius 2 is 1.89 bits per heavy atom. The fourth-order valence-electron chi connectivity index (χ4n) is 1.55. The Kier molecular flexibility index (Phi) is 4.79. The van der Waals surface area contributed by atoms with E-state index in [9.17, 15) is 0 Å². The quantitative estimate of drug-likeness (QED) is 0.761. The van der Waals surface area contributed by atoms with Crippen LogP contribution >= 0.6 is 11.6 Å². The SMILES string of the molecule is ClCCOc1ccccc1/C=C/c1ccccn1. The molecular weight excluding hydrogens is 246 g/mol. The predicted molar refractivity (Wildman–Crippen MR) is 75.8 cm³/mol. The lowest BCUT2D eigenvalue weighted by molar-refractivity contribution is 0.342. The van der Waals surface area contributed by atoms with Crippen LogP contribution in [0.5, 0.6) is 5.75 Å². The van der Waals surface area contributed by atoms with Gasteiger partial charge < -0.3 is 4.74 Å². The Bertz CT molecular complexity index is 511. The third-order valence-corrected chi connectivity index (χ3v) is 2.53. The zero-order chi connectivity index (χ0) is 12.6. The molecule has 0 aliphatic rings. The molecule has 2 aromatic rings. The van der Waals surface area contributed by atoms with Gasteiger partial charge in [-0.15, -0.1) is 11.6 Å². The highest BCUT2D eigenvalue weighted by atomic mass is 35.5. The average Bonchev–Trinajstić information content (AvgIpc) is 2.45. The van der Waals surface area contributed by atoms with Crippen LogP contribution in [0.15, 0.2) is 48.7 Å². The largest absolute Gasteiger partial charge is 0.492 e. The highest BCUT2D eigenvalue weighted by Crippen LogP contribution is 2.20. The molecule has 0 amide bonds. The van der Waals surface area contributed by atoms with Gasteiger partial charge in [0.1, 0.15) is 12.4 Å².